The van der Waals surface area contributed by atoms with Crippen LogP contribution >= 0.6 is 0 Å². The Hall–Kier alpha value is -3.07. The predicted molar refractivity (Wildman–Crippen MR) is 108 cm³/mol. The van der Waals surface area contributed by atoms with Gasteiger partial charge in [0.05, 0.1) is 33.6 Å². The highest BCUT2D eigenvalue weighted by Crippen LogP contribution is 2.23. The lowest BCUT2D eigenvalue weighted by atomic mass is 10.1. The number of carbonyl (C=O) groups excluding carboxylic acids is 1. The minimum atomic E-state index is -0.430. The fourth-order valence-corrected chi connectivity index (χ4v) is 3.30. The van der Waals surface area contributed by atoms with Crippen LogP contribution in [0.5, 0.6) is 5.75 Å². The molecule has 0 aliphatic carbocycles. The monoisotopic (exact) mass is 401 g/mol. The van der Waals surface area contributed by atoms with E-state index in [1.54, 1.807) is 23.9 Å². The Morgan fingerprint density at radius 3 is 2.90 bits per heavy atom. The zero-order chi connectivity index (χ0) is 20.8. The third kappa shape index (κ3) is 4.86. The lowest BCUT2D eigenvalue weighted by molar-refractivity contribution is -0.00805. The number of methoxy groups -OCH3 is 2. The van der Waals surface area contributed by atoms with Crippen LogP contribution in [-0.4, -0.2) is 67.6 Å². The minimum absolute atomic E-state index is 0.0529. The van der Waals surface area contributed by atoms with Crippen LogP contribution < -0.4 is 10.1 Å². The summed E-state index contributed by atoms with van der Waals surface area (Å²) in [6.07, 6.45) is 3.74. The number of aryl methyl sites for hydroxylation is 1. The molecule has 156 valence electrons. The molecule has 0 radical (unpaired) electrons. The minimum Gasteiger partial charge on any atom is -0.496 e. The molecule has 9 heteroatoms. The lowest BCUT2D eigenvalue weighted by Crippen LogP contribution is -2.47. The SMILES string of the molecule is CN=C(NCc1ccc(OC)c(C(=O)OC)c1)N1CCOC(c2cnn(C)c2)C1. The molecule has 1 aromatic heterocycles. The van der Waals surface area contributed by atoms with Crippen molar-refractivity contribution in [3.8, 4) is 5.75 Å². The van der Waals surface area contributed by atoms with Gasteiger partial charge in [0.25, 0.3) is 0 Å². The number of esters is 1. The highest BCUT2D eigenvalue weighted by Gasteiger charge is 2.25. The second-order valence-electron chi connectivity index (χ2n) is 6.68. The van der Waals surface area contributed by atoms with Gasteiger partial charge in [0.2, 0.25) is 0 Å². The van der Waals surface area contributed by atoms with Crippen molar-refractivity contribution in [3.63, 3.8) is 0 Å². The maximum Gasteiger partial charge on any atom is 0.341 e. The van der Waals surface area contributed by atoms with Crippen LogP contribution in [0, 0.1) is 0 Å². The van der Waals surface area contributed by atoms with E-state index in [9.17, 15) is 4.79 Å². The summed E-state index contributed by atoms with van der Waals surface area (Å²) in [5.41, 5.74) is 2.36. The van der Waals surface area contributed by atoms with Crippen LogP contribution in [0.4, 0.5) is 0 Å². The number of carbonyl (C=O) groups is 1. The number of nitrogens with one attached hydrogen (secondary N) is 1. The van der Waals surface area contributed by atoms with Crippen LogP contribution in [-0.2, 0) is 23.1 Å². The summed E-state index contributed by atoms with van der Waals surface area (Å²) in [5, 5.41) is 7.59. The molecule has 2 heterocycles. The van der Waals surface area contributed by atoms with Crippen molar-refractivity contribution in [1.82, 2.24) is 20.0 Å². The summed E-state index contributed by atoms with van der Waals surface area (Å²) in [6.45, 7) is 2.54. The van der Waals surface area contributed by atoms with Crippen molar-refractivity contribution >= 4 is 11.9 Å². The third-order valence-electron chi connectivity index (χ3n) is 4.79. The largest absolute Gasteiger partial charge is 0.496 e. The second-order valence-corrected chi connectivity index (χ2v) is 6.68. The molecule has 0 bridgehead atoms. The Labute approximate surface area is 170 Å². The van der Waals surface area contributed by atoms with Gasteiger partial charge in [0, 0.05) is 38.9 Å². The van der Waals surface area contributed by atoms with E-state index in [4.69, 9.17) is 14.2 Å². The predicted octanol–water partition coefficient (Wildman–Crippen LogP) is 1.36. The molecular weight excluding hydrogens is 374 g/mol. The quantitative estimate of drug-likeness (QED) is 0.460. The molecule has 2 aromatic rings. The van der Waals surface area contributed by atoms with Crippen molar-refractivity contribution in [3.05, 3.63) is 47.3 Å². The van der Waals surface area contributed by atoms with E-state index in [1.807, 2.05) is 25.5 Å². The molecule has 29 heavy (non-hydrogen) atoms. The van der Waals surface area contributed by atoms with E-state index in [0.29, 0.717) is 31.0 Å². The Morgan fingerprint density at radius 2 is 2.24 bits per heavy atom. The van der Waals surface area contributed by atoms with Gasteiger partial charge < -0.3 is 24.4 Å². The maximum atomic E-state index is 12.0. The number of ether oxygens (including phenoxy) is 3. The average Bonchev–Trinajstić information content (AvgIpc) is 3.20. The number of aromatic nitrogens is 2. The van der Waals surface area contributed by atoms with E-state index in [0.717, 1.165) is 23.6 Å². The van der Waals surface area contributed by atoms with Crippen LogP contribution in [0.2, 0.25) is 0 Å². The molecule has 1 aliphatic rings. The van der Waals surface area contributed by atoms with Crippen molar-refractivity contribution in [2.24, 2.45) is 12.0 Å². The van der Waals surface area contributed by atoms with Crippen molar-refractivity contribution in [2.45, 2.75) is 12.6 Å². The third-order valence-corrected chi connectivity index (χ3v) is 4.79. The van der Waals surface area contributed by atoms with E-state index in [2.05, 4.69) is 20.3 Å². The first-order valence-corrected chi connectivity index (χ1v) is 9.36. The number of hydrogen-bond acceptors (Lipinski definition) is 6. The van der Waals surface area contributed by atoms with E-state index >= 15 is 0 Å². The maximum absolute atomic E-state index is 12.0. The Balaban J connectivity index is 1.66. The van der Waals surface area contributed by atoms with E-state index in [1.165, 1.54) is 14.2 Å². The first-order chi connectivity index (χ1) is 14.0. The van der Waals surface area contributed by atoms with Crippen LogP contribution in [0.3, 0.4) is 0 Å². The molecule has 1 saturated heterocycles. The summed E-state index contributed by atoms with van der Waals surface area (Å²) >= 11 is 0. The second kappa shape index (κ2) is 9.42. The molecule has 0 amide bonds. The fourth-order valence-electron chi connectivity index (χ4n) is 3.30. The number of morpholine rings is 1. The molecule has 0 saturated carbocycles. The van der Waals surface area contributed by atoms with Crippen molar-refractivity contribution in [2.75, 3.05) is 41.0 Å². The number of benzene rings is 1. The van der Waals surface area contributed by atoms with Gasteiger partial charge in [-0.25, -0.2) is 4.79 Å². The van der Waals surface area contributed by atoms with Gasteiger partial charge in [0.1, 0.15) is 17.4 Å². The Bertz CT molecular complexity index is 880. The van der Waals surface area contributed by atoms with Gasteiger partial charge >= 0.3 is 5.97 Å². The fraction of sp³-hybridized carbons (Fsp3) is 0.450. The first kappa shape index (κ1) is 20.7. The zero-order valence-electron chi connectivity index (χ0n) is 17.2. The van der Waals surface area contributed by atoms with E-state index in [-0.39, 0.29) is 6.10 Å². The number of aliphatic imine (C=N–C) groups is 1. The summed E-state index contributed by atoms with van der Waals surface area (Å²) in [7, 11) is 6.52. The first-order valence-electron chi connectivity index (χ1n) is 9.36. The Morgan fingerprint density at radius 1 is 1.41 bits per heavy atom. The highest BCUT2D eigenvalue weighted by atomic mass is 16.5. The topological polar surface area (TPSA) is 90.2 Å². The van der Waals surface area contributed by atoms with Crippen molar-refractivity contribution < 1.29 is 19.0 Å². The molecule has 9 nitrogen and oxygen atoms in total. The average molecular weight is 401 g/mol. The summed E-state index contributed by atoms with van der Waals surface area (Å²) < 4.78 is 17.8. The van der Waals surface area contributed by atoms with Gasteiger partial charge in [-0.1, -0.05) is 6.07 Å². The standard InChI is InChI=1S/C20H27N5O4/c1-21-20(25-7-8-29-18(13-25)15-11-23-24(2)12-15)22-10-14-5-6-17(27-3)16(9-14)19(26)28-4/h5-6,9,11-12,18H,7-8,10,13H2,1-4H3,(H,21,22). The van der Waals surface area contributed by atoms with Crippen LogP contribution in [0.1, 0.15) is 27.6 Å². The molecule has 0 spiro atoms. The Kier molecular flexibility index (Phi) is 6.71. The molecule has 3 rings (SSSR count). The summed E-state index contributed by atoms with van der Waals surface area (Å²) in [4.78, 5) is 18.5. The number of nitrogens with zero attached hydrogens (tertiary/aromatic N) is 4. The molecule has 1 unspecified atom stereocenters. The van der Waals surface area contributed by atoms with Gasteiger partial charge in [-0.3, -0.25) is 9.67 Å². The zero-order valence-corrected chi connectivity index (χ0v) is 17.2. The smallest absolute Gasteiger partial charge is 0.341 e. The summed E-state index contributed by atoms with van der Waals surface area (Å²) in [6, 6.07) is 5.44. The van der Waals surface area contributed by atoms with Crippen molar-refractivity contribution in [1.29, 1.82) is 0 Å². The van der Waals surface area contributed by atoms with Crippen LogP contribution in [0.25, 0.3) is 0 Å². The number of guanidine groups is 1. The normalized spacial score (nSPS) is 17.2. The highest BCUT2D eigenvalue weighted by molar-refractivity contribution is 5.92. The molecule has 1 atom stereocenters. The lowest BCUT2D eigenvalue weighted by Gasteiger charge is -2.34. The number of hydrogen-bond donors (Lipinski definition) is 1. The van der Waals surface area contributed by atoms with Gasteiger partial charge in [0.15, 0.2) is 5.96 Å². The molecule has 1 N–H and O–H groups in total. The summed E-state index contributed by atoms with van der Waals surface area (Å²) in [5.74, 6) is 0.829. The number of rotatable bonds is 5. The molecule has 1 fully saturated rings. The van der Waals surface area contributed by atoms with Gasteiger partial charge in [-0.15, -0.1) is 0 Å². The van der Waals surface area contributed by atoms with E-state index < -0.39 is 5.97 Å². The molecule has 1 aliphatic heterocycles. The van der Waals surface area contributed by atoms with Gasteiger partial charge in [-0.2, -0.15) is 5.10 Å². The molecular formula is C20H27N5O4. The van der Waals surface area contributed by atoms with Crippen LogP contribution in [0.15, 0.2) is 35.6 Å². The molecule has 1 aromatic carbocycles. The van der Waals surface area contributed by atoms with Gasteiger partial charge in [-0.05, 0) is 17.7 Å².